The molecule has 0 aromatic carbocycles. The lowest BCUT2D eigenvalue weighted by Crippen LogP contribution is -2.32. The molecule has 0 unspecified atom stereocenters. The Morgan fingerprint density at radius 1 is 1.47 bits per heavy atom. The van der Waals surface area contributed by atoms with Gasteiger partial charge in [0.2, 0.25) is 15.7 Å². The van der Waals surface area contributed by atoms with Crippen molar-refractivity contribution in [2.75, 3.05) is 18.0 Å². The number of aromatic nitrogens is 1. The van der Waals surface area contributed by atoms with E-state index in [1.807, 2.05) is 13.8 Å². The Morgan fingerprint density at radius 2 is 2.16 bits per heavy atom. The number of nitrogens with one attached hydrogen (secondary N) is 1. The molecule has 1 aromatic rings. The molecule has 0 radical (unpaired) electrons. The summed E-state index contributed by atoms with van der Waals surface area (Å²) in [6, 6.07) is 2.98. The van der Waals surface area contributed by atoms with E-state index < -0.39 is 21.5 Å². The first-order valence-electron chi connectivity index (χ1n) is 6.03. The number of nitrogens with zero attached hydrogens (tertiary/aromatic N) is 1. The molecule has 0 spiro atoms. The lowest BCUT2D eigenvalue weighted by molar-refractivity contribution is -0.118. The number of hydrogen-bond donors (Lipinski definition) is 2. The molecule has 0 saturated carbocycles. The number of amides is 1. The summed E-state index contributed by atoms with van der Waals surface area (Å²) < 4.78 is 23.9. The van der Waals surface area contributed by atoms with Gasteiger partial charge < -0.3 is 11.1 Å². The molecule has 3 N–H and O–H groups in total. The van der Waals surface area contributed by atoms with Crippen LogP contribution in [0, 0.1) is 5.92 Å². The number of carbonyl (C=O) groups is 1. The van der Waals surface area contributed by atoms with Gasteiger partial charge in [-0.25, -0.2) is 13.4 Å². The van der Waals surface area contributed by atoms with E-state index in [9.17, 15) is 13.2 Å². The summed E-state index contributed by atoms with van der Waals surface area (Å²) in [6.07, 6.45) is 2.14. The smallest absolute Gasteiger partial charge is 0.235 e. The quantitative estimate of drug-likeness (QED) is 0.797. The number of anilines is 1. The maximum absolute atomic E-state index is 12.0. The Bertz CT molecular complexity index is 541. The summed E-state index contributed by atoms with van der Waals surface area (Å²) in [5, 5.41) is 2.33. The van der Waals surface area contributed by atoms with Gasteiger partial charge in [-0.3, -0.25) is 4.79 Å². The zero-order chi connectivity index (χ0) is 14.5. The normalized spacial score (nSPS) is 11.5. The second-order valence-electron chi connectivity index (χ2n) is 4.69. The second kappa shape index (κ2) is 6.51. The van der Waals surface area contributed by atoms with Crippen LogP contribution < -0.4 is 11.1 Å². The molecule has 1 rings (SSSR count). The van der Waals surface area contributed by atoms with Gasteiger partial charge in [0.15, 0.2) is 5.03 Å². The first-order chi connectivity index (χ1) is 8.83. The third-order valence-corrected chi connectivity index (χ3v) is 4.03. The highest BCUT2D eigenvalue weighted by Crippen LogP contribution is 2.15. The Morgan fingerprint density at radius 3 is 2.74 bits per heavy atom. The fourth-order valence-electron chi connectivity index (χ4n) is 1.46. The Kier molecular flexibility index (Phi) is 5.29. The highest BCUT2D eigenvalue weighted by Gasteiger charge is 2.22. The molecule has 0 aliphatic rings. The molecule has 1 aromatic heterocycles. The van der Waals surface area contributed by atoms with Crippen LogP contribution in [0.25, 0.3) is 0 Å². The lowest BCUT2D eigenvalue weighted by Gasteiger charge is -2.08. The van der Waals surface area contributed by atoms with Crippen LogP contribution in [0.3, 0.4) is 0 Å². The van der Waals surface area contributed by atoms with E-state index >= 15 is 0 Å². The predicted octanol–water partition coefficient (Wildman–Crippen LogP) is 0.600. The van der Waals surface area contributed by atoms with Gasteiger partial charge in [0.25, 0.3) is 0 Å². The van der Waals surface area contributed by atoms with E-state index in [1.165, 1.54) is 18.3 Å². The molecule has 0 saturated heterocycles. The molecule has 0 atom stereocenters. The number of carbonyl (C=O) groups excluding carboxylic acids is 1. The van der Waals surface area contributed by atoms with E-state index in [0.717, 1.165) is 6.42 Å². The summed E-state index contributed by atoms with van der Waals surface area (Å²) >= 11 is 0. The van der Waals surface area contributed by atoms with Gasteiger partial charge in [-0.1, -0.05) is 13.8 Å². The standard InChI is InChI=1S/C12H19N3O3S/c1-9(2)5-7-14-11(16)8-19(17,18)12-10(13)4-3-6-15-12/h3-4,6,9H,5,7-8,13H2,1-2H3,(H,14,16). The minimum atomic E-state index is -3.79. The molecule has 1 heterocycles. The molecular weight excluding hydrogens is 266 g/mol. The van der Waals surface area contributed by atoms with Gasteiger partial charge >= 0.3 is 0 Å². The van der Waals surface area contributed by atoms with E-state index in [0.29, 0.717) is 12.5 Å². The van der Waals surface area contributed by atoms with Gasteiger partial charge in [0.1, 0.15) is 5.75 Å². The average Bonchev–Trinajstić information content (AvgIpc) is 2.27. The maximum atomic E-state index is 12.0. The maximum Gasteiger partial charge on any atom is 0.235 e. The molecule has 0 fully saturated rings. The average molecular weight is 285 g/mol. The number of nitrogen functional groups attached to an aromatic ring is 1. The van der Waals surface area contributed by atoms with Crippen molar-refractivity contribution in [2.24, 2.45) is 5.92 Å². The third-order valence-electron chi connectivity index (χ3n) is 2.46. The predicted molar refractivity (Wildman–Crippen MR) is 73.2 cm³/mol. The largest absolute Gasteiger partial charge is 0.396 e. The van der Waals surface area contributed by atoms with Crippen molar-refractivity contribution in [1.29, 1.82) is 0 Å². The minimum Gasteiger partial charge on any atom is -0.396 e. The van der Waals surface area contributed by atoms with Crippen molar-refractivity contribution in [3.8, 4) is 0 Å². The highest BCUT2D eigenvalue weighted by atomic mass is 32.2. The Balaban J connectivity index is 2.65. The molecule has 106 valence electrons. The van der Waals surface area contributed by atoms with Crippen LogP contribution >= 0.6 is 0 Å². The first kappa shape index (κ1) is 15.4. The van der Waals surface area contributed by atoms with Crippen LogP contribution in [0.15, 0.2) is 23.4 Å². The fourth-order valence-corrected chi connectivity index (χ4v) is 2.69. The topological polar surface area (TPSA) is 102 Å². The van der Waals surface area contributed by atoms with Crippen LogP contribution in [0.1, 0.15) is 20.3 Å². The lowest BCUT2D eigenvalue weighted by atomic mass is 10.1. The van der Waals surface area contributed by atoms with Gasteiger partial charge in [-0.15, -0.1) is 0 Å². The zero-order valence-electron chi connectivity index (χ0n) is 11.1. The van der Waals surface area contributed by atoms with Gasteiger partial charge in [-0.2, -0.15) is 0 Å². The molecule has 0 aliphatic heterocycles. The zero-order valence-corrected chi connectivity index (χ0v) is 11.9. The second-order valence-corrected chi connectivity index (χ2v) is 6.59. The van der Waals surface area contributed by atoms with Crippen molar-refractivity contribution < 1.29 is 13.2 Å². The van der Waals surface area contributed by atoms with E-state index in [-0.39, 0.29) is 10.7 Å². The minimum absolute atomic E-state index is 0.0532. The van der Waals surface area contributed by atoms with Crippen molar-refractivity contribution in [3.05, 3.63) is 18.3 Å². The van der Waals surface area contributed by atoms with Crippen LogP contribution in [0.5, 0.6) is 0 Å². The van der Waals surface area contributed by atoms with Crippen LogP contribution in [-0.4, -0.2) is 31.6 Å². The molecule has 6 nitrogen and oxygen atoms in total. The van der Waals surface area contributed by atoms with Gasteiger partial charge in [0.05, 0.1) is 5.69 Å². The summed E-state index contributed by atoms with van der Waals surface area (Å²) in [6.45, 7) is 4.51. The van der Waals surface area contributed by atoms with Crippen LogP contribution in [0.2, 0.25) is 0 Å². The van der Waals surface area contributed by atoms with E-state index in [2.05, 4.69) is 10.3 Å². The molecule has 19 heavy (non-hydrogen) atoms. The Labute approximate surface area is 113 Å². The van der Waals surface area contributed by atoms with Crippen molar-refractivity contribution in [3.63, 3.8) is 0 Å². The number of pyridine rings is 1. The number of hydrogen-bond acceptors (Lipinski definition) is 5. The molecule has 0 bridgehead atoms. The molecular formula is C12H19N3O3S. The number of sulfone groups is 1. The van der Waals surface area contributed by atoms with Gasteiger partial charge in [-0.05, 0) is 24.5 Å². The van der Waals surface area contributed by atoms with Crippen molar-refractivity contribution in [2.45, 2.75) is 25.3 Å². The van der Waals surface area contributed by atoms with Crippen molar-refractivity contribution >= 4 is 21.4 Å². The fraction of sp³-hybridized carbons (Fsp3) is 0.500. The van der Waals surface area contributed by atoms with Gasteiger partial charge in [0, 0.05) is 12.7 Å². The van der Waals surface area contributed by atoms with Crippen LogP contribution in [0.4, 0.5) is 5.69 Å². The Hall–Kier alpha value is -1.63. The number of rotatable bonds is 6. The van der Waals surface area contributed by atoms with E-state index in [1.54, 1.807) is 0 Å². The summed E-state index contributed by atoms with van der Waals surface area (Å²) in [5.41, 5.74) is 5.60. The summed E-state index contributed by atoms with van der Waals surface area (Å²) in [7, 11) is -3.79. The molecule has 1 amide bonds. The molecule has 0 aliphatic carbocycles. The first-order valence-corrected chi connectivity index (χ1v) is 7.68. The third kappa shape index (κ3) is 4.86. The monoisotopic (exact) mass is 285 g/mol. The summed E-state index contributed by atoms with van der Waals surface area (Å²) in [5.74, 6) is -0.721. The molecule has 7 heteroatoms. The highest BCUT2D eigenvalue weighted by molar-refractivity contribution is 7.92. The van der Waals surface area contributed by atoms with Crippen LogP contribution in [-0.2, 0) is 14.6 Å². The number of nitrogens with two attached hydrogens (primary N) is 1. The van der Waals surface area contributed by atoms with Crippen molar-refractivity contribution in [1.82, 2.24) is 10.3 Å². The SMILES string of the molecule is CC(C)CCNC(=O)CS(=O)(=O)c1ncccc1N. The van der Waals surface area contributed by atoms with E-state index in [4.69, 9.17) is 5.73 Å². The summed E-state index contributed by atoms with van der Waals surface area (Å²) in [4.78, 5) is 15.3.